The molecule has 0 unspecified atom stereocenters. The van der Waals surface area contributed by atoms with E-state index in [-0.39, 0.29) is 0 Å². The van der Waals surface area contributed by atoms with Crippen molar-refractivity contribution in [2.75, 3.05) is 0 Å². The van der Waals surface area contributed by atoms with Crippen LogP contribution in [0.3, 0.4) is 0 Å². The maximum absolute atomic E-state index is 11.8. The number of carbonyl (C=O) groups excluding carboxylic acids is 1. The summed E-state index contributed by atoms with van der Waals surface area (Å²) in [6.07, 6.45) is 0.967. The van der Waals surface area contributed by atoms with E-state index in [1.165, 1.54) is 0 Å². The molecule has 0 atom stereocenters. The molecule has 0 saturated heterocycles. The van der Waals surface area contributed by atoms with E-state index in [0.717, 1.165) is 49.0 Å². The summed E-state index contributed by atoms with van der Waals surface area (Å²) >= 11 is 3.61. The molecule has 0 radical (unpaired) electrons. The molecule has 0 aliphatic rings. The molecule has 0 heterocycles. The molecular formula is C21H13BrO. The first kappa shape index (κ1) is 14.2. The molecule has 0 bridgehead atoms. The zero-order chi connectivity index (χ0) is 15.8. The highest BCUT2D eigenvalue weighted by molar-refractivity contribution is 9.10. The van der Waals surface area contributed by atoms with Gasteiger partial charge in [-0.2, -0.15) is 0 Å². The fourth-order valence-electron chi connectivity index (χ4n) is 3.15. The second-order valence-electron chi connectivity index (χ2n) is 5.51. The van der Waals surface area contributed by atoms with E-state index in [4.69, 9.17) is 0 Å². The molecule has 0 saturated carbocycles. The van der Waals surface area contributed by atoms with E-state index < -0.39 is 0 Å². The summed E-state index contributed by atoms with van der Waals surface area (Å²) in [5.41, 5.74) is 2.80. The average molecular weight is 361 g/mol. The molecule has 4 rings (SSSR count). The minimum atomic E-state index is 0.746. The van der Waals surface area contributed by atoms with Gasteiger partial charge >= 0.3 is 0 Å². The zero-order valence-electron chi connectivity index (χ0n) is 12.3. The van der Waals surface area contributed by atoms with Crippen LogP contribution in [0.5, 0.6) is 0 Å². The van der Waals surface area contributed by atoms with Crippen LogP contribution in [0, 0.1) is 0 Å². The first-order valence-corrected chi connectivity index (χ1v) is 8.23. The molecule has 23 heavy (non-hydrogen) atoms. The van der Waals surface area contributed by atoms with Crippen molar-refractivity contribution in [2.24, 2.45) is 0 Å². The quantitative estimate of drug-likeness (QED) is 0.387. The Kier molecular flexibility index (Phi) is 3.47. The number of hydrogen-bond acceptors (Lipinski definition) is 1. The summed E-state index contributed by atoms with van der Waals surface area (Å²) in [5, 5.41) is 4.36. The third-order valence-corrected chi connectivity index (χ3v) is 4.94. The molecule has 0 spiro atoms. The van der Waals surface area contributed by atoms with E-state index in [9.17, 15) is 4.79 Å². The number of carbonyl (C=O) groups is 1. The Morgan fingerprint density at radius 2 is 1.30 bits per heavy atom. The highest BCUT2D eigenvalue weighted by Crippen LogP contribution is 2.36. The Labute approximate surface area is 142 Å². The van der Waals surface area contributed by atoms with Gasteiger partial charge in [0.1, 0.15) is 0 Å². The van der Waals surface area contributed by atoms with Crippen molar-refractivity contribution in [3.8, 4) is 11.1 Å². The highest BCUT2D eigenvalue weighted by Gasteiger charge is 2.12. The molecule has 4 aromatic rings. The maximum Gasteiger partial charge on any atom is 0.151 e. The number of rotatable bonds is 2. The van der Waals surface area contributed by atoms with Gasteiger partial charge in [-0.25, -0.2) is 0 Å². The van der Waals surface area contributed by atoms with Gasteiger partial charge in [-0.3, -0.25) is 4.79 Å². The fraction of sp³-hybridized carbons (Fsp3) is 0. The molecular weight excluding hydrogens is 348 g/mol. The monoisotopic (exact) mass is 360 g/mol. The summed E-state index contributed by atoms with van der Waals surface area (Å²) in [7, 11) is 0. The first-order chi connectivity index (χ1) is 11.3. The molecule has 0 aliphatic carbocycles. The topological polar surface area (TPSA) is 17.1 Å². The van der Waals surface area contributed by atoms with Crippen molar-refractivity contribution in [1.29, 1.82) is 0 Å². The minimum absolute atomic E-state index is 0.746. The summed E-state index contributed by atoms with van der Waals surface area (Å²) in [4.78, 5) is 11.8. The lowest BCUT2D eigenvalue weighted by Gasteiger charge is -2.12. The molecule has 0 N–H and O–H groups in total. The molecule has 0 amide bonds. The third-order valence-electron chi connectivity index (χ3n) is 4.25. The Balaban J connectivity index is 2.11. The molecule has 1 nitrogen and oxygen atoms in total. The lowest BCUT2D eigenvalue weighted by molar-refractivity contribution is 0.112. The lowest BCUT2D eigenvalue weighted by Crippen LogP contribution is -1.91. The number of benzene rings is 4. The van der Waals surface area contributed by atoms with E-state index >= 15 is 0 Å². The number of aldehydes is 1. The summed E-state index contributed by atoms with van der Waals surface area (Å²) in [6, 6.07) is 24.5. The summed E-state index contributed by atoms with van der Waals surface area (Å²) in [6.45, 7) is 0. The van der Waals surface area contributed by atoms with E-state index in [1.54, 1.807) is 0 Å². The second kappa shape index (κ2) is 5.64. The van der Waals surface area contributed by atoms with Crippen LogP contribution in [0.15, 0.2) is 77.3 Å². The Morgan fingerprint density at radius 1 is 0.652 bits per heavy atom. The Hall–Kier alpha value is -2.45. The van der Waals surface area contributed by atoms with Gasteiger partial charge in [-0.15, -0.1) is 0 Å². The van der Waals surface area contributed by atoms with Crippen molar-refractivity contribution in [2.45, 2.75) is 0 Å². The molecule has 2 heteroatoms. The van der Waals surface area contributed by atoms with Gasteiger partial charge in [0, 0.05) is 10.0 Å². The minimum Gasteiger partial charge on any atom is -0.298 e. The highest BCUT2D eigenvalue weighted by atomic mass is 79.9. The average Bonchev–Trinajstić information content (AvgIpc) is 2.61. The molecule has 0 aromatic heterocycles. The maximum atomic E-state index is 11.8. The van der Waals surface area contributed by atoms with Gasteiger partial charge in [0.05, 0.1) is 0 Å². The molecule has 110 valence electrons. The van der Waals surface area contributed by atoms with Crippen LogP contribution in [0.4, 0.5) is 0 Å². The first-order valence-electron chi connectivity index (χ1n) is 7.44. The predicted molar refractivity (Wildman–Crippen MR) is 100.0 cm³/mol. The van der Waals surface area contributed by atoms with Crippen LogP contribution in [-0.4, -0.2) is 6.29 Å². The van der Waals surface area contributed by atoms with E-state index in [1.807, 2.05) is 48.5 Å². The summed E-state index contributed by atoms with van der Waals surface area (Å²) < 4.78 is 1.06. The van der Waals surface area contributed by atoms with Gasteiger partial charge in [0.25, 0.3) is 0 Å². The van der Waals surface area contributed by atoms with Crippen LogP contribution < -0.4 is 0 Å². The zero-order valence-corrected chi connectivity index (χ0v) is 13.9. The van der Waals surface area contributed by atoms with E-state index in [2.05, 4.69) is 40.2 Å². The number of fused-ring (bicyclic) bond motifs is 2. The largest absolute Gasteiger partial charge is 0.298 e. The number of hydrogen-bond donors (Lipinski definition) is 0. The van der Waals surface area contributed by atoms with Crippen molar-refractivity contribution in [3.63, 3.8) is 0 Å². The molecule has 0 fully saturated rings. The Morgan fingerprint density at radius 3 is 2.09 bits per heavy atom. The van der Waals surface area contributed by atoms with Crippen LogP contribution >= 0.6 is 15.9 Å². The van der Waals surface area contributed by atoms with Gasteiger partial charge in [0.15, 0.2) is 6.29 Å². The van der Waals surface area contributed by atoms with Crippen LogP contribution in [0.2, 0.25) is 0 Å². The lowest BCUT2D eigenvalue weighted by atomic mass is 9.92. The van der Waals surface area contributed by atoms with Gasteiger partial charge in [-0.1, -0.05) is 82.7 Å². The van der Waals surface area contributed by atoms with Gasteiger partial charge in [0.2, 0.25) is 0 Å². The van der Waals surface area contributed by atoms with Crippen LogP contribution in [0.25, 0.3) is 32.7 Å². The van der Waals surface area contributed by atoms with Crippen molar-refractivity contribution in [1.82, 2.24) is 0 Å². The molecule has 0 aliphatic heterocycles. The van der Waals surface area contributed by atoms with Crippen molar-refractivity contribution >= 4 is 43.8 Å². The van der Waals surface area contributed by atoms with E-state index in [0.29, 0.717) is 0 Å². The van der Waals surface area contributed by atoms with Crippen LogP contribution in [-0.2, 0) is 0 Å². The fourth-order valence-corrected chi connectivity index (χ4v) is 3.63. The number of halogens is 1. The smallest absolute Gasteiger partial charge is 0.151 e. The van der Waals surface area contributed by atoms with Crippen molar-refractivity contribution < 1.29 is 4.79 Å². The van der Waals surface area contributed by atoms with Crippen molar-refractivity contribution in [3.05, 3.63) is 82.8 Å². The summed E-state index contributed by atoms with van der Waals surface area (Å²) in [5.74, 6) is 0. The second-order valence-corrected chi connectivity index (χ2v) is 6.36. The van der Waals surface area contributed by atoms with Crippen LogP contribution in [0.1, 0.15) is 10.4 Å². The third kappa shape index (κ3) is 2.27. The predicted octanol–water partition coefficient (Wildman–Crippen LogP) is 6.24. The SMILES string of the molecule is O=Cc1c(-c2ccc(Br)c3ccccc23)ccc2ccccc12. The standard InChI is InChI=1S/C21H13BrO/c22-21-12-11-17(16-7-3-4-8-19(16)21)18-10-9-14-5-1-2-6-15(14)20(18)13-23/h1-13H. The van der Waals surface area contributed by atoms with Gasteiger partial charge in [-0.05, 0) is 38.7 Å². The Bertz CT molecular complexity index is 1050. The normalized spacial score (nSPS) is 11.0. The molecule has 4 aromatic carbocycles. The van der Waals surface area contributed by atoms with Gasteiger partial charge < -0.3 is 0 Å².